The van der Waals surface area contributed by atoms with Crippen molar-refractivity contribution in [1.82, 2.24) is 9.55 Å². The lowest BCUT2D eigenvalue weighted by atomic mass is 10.2. The number of nitrogen functional groups attached to an aromatic ring is 1. The minimum Gasteiger partial charge on any atom is -0.496 e. The Morgan fingerprint density at radius 2 is 2.24 bits per heavy atom. The minimum atomic E-state index is -0.320. The lowest BCUT2D eigenvalue weighted by molar-refractivity contribution is 0.403. The summed E-state index contributed by atoms with van der Waals surface area (Å²) >= 11 is 1.59. The summed E-state index contributed by atoms with van der Waals surface area (Å²) in [7, 11) is 1.52. The van der Waals surface area contributed by atoms with Crippen LogP contribution in [0.15, 0.2) is 41.2 Å². The van der Waals surface area contributed by atoms with Crippen LogP contribution in [0, 0.1) is 5.82 Å². The zero-order valence-electron chi connectivity index (χ0n) is 11.4. The Bertz CT molecular complexity index is 752. The van der Waals surface area contributed by atoms with Crippen molar-refractivity contribution in [3.05, 3.63) is 52.6 Å². The van der Waals surface area contributed by atoms with Gasteiger partial charge in [0.2, 0.25) is 5.95 Å². The Balaban J connectivity index is 1.96. The Kier molecular flexibility index (Phi) is 3.62. The summed E-state index contributed by atoms with van der Waals surface area (Å²) in [5, 5.41) is 3.97. The summed E-state index contributed by atoms with van der Waals surface area (Å²) in [6, 6.07) is 6.72. The predicted molar refractivity (Wildman–Crippen MR) is 82.0 cm³/mol. The van der Waals surface area contributed by atoms with Gasteiger partial charge in [0, 0.05) is 22.7 Å². The van der Waals surface area contributed by atoms with Gasteiger partial charge in [-0.3, -0.25) is 0 Å². The van der Waals surface area contributed by atoms with E-state index in [9.17, 15) is 4.39 Å². The first-order chi connectivity index (χ1) is 10.2. The number of rotatable bonds is 4. The third-order valence-corrected chi connectivity index (χ3v) is 3.93. The molecule has 0 fully saturated rings. The molecule has 0 aliphatic rings. The van der Waals surface area contributed by atoms with Crippen LogP contribution in [0.25, 0.3) is 11.3 Å². The SMILES string of the molecule is COc1cccc(F)c1Cn1cc(-c2ccsc2)nc1N. The molecule has 0 saturated heterocycles. The molecule has 3 rings (SSSR count). The molecule has 21 heavy (non-hydrogen) atoms. The smallest absolute Gasteiger partial charge is 0.201 e. The molecule has 2 N–H and O–H groups in total. The number of hydrogen-bond acceptors (Lipinski definition) is 4. The second-order valence-electron chi connectivity index (χ2n) is 4.54. The summed E-state index contributed by atoms with van der Waals surface area (Å²) in [6.07, 6.45) is 1.82. The van der Waals surface area contributed by atoms with Gasteiger partial charge >= 0.3 is 0 Å². The minimum absolute atomic E-state index is 0.277. The molecule has 2 heterocycles. The molecule has 0 bridgehead atoms. The lowest BCUT2D eigenvalue weighted by Gasteiger charge is -2.10. The number of halogens is 1. The van der Waals surface area contributed by atoms with Crippen LogP contribution < -0.4 is 10.5 Å². The topological polar surface area (TPSA) is 53.1 Å². The Labute approximate surface area is 125 Å². The average Bonchev–Trinajstić information content (AvgIpc) is 3.11. The molecule has 1 aromatic carbocycles. The van der Waals surface area contributed by atoms with Crippen LogP contribution in [-0.2, 0) is 6.54 Å². The highest BCUT2D eigenvalue weighted by atomic mass is 32.1. The number of anilines is 1. The maximum absolute atomic E-state index is 14.0. The molecule has 0 aliphatic carbocycles. The standard InChI is InChI=1S/C15H14FN3OS/c1-20-14-4-2-3-12(16)11(14)7-19-8-13(18-15(19)17)10-5-6-21-9-10/h2-6,8-9H,7H2,1H3,(H2,17,18). The zero-order valence-corrected chi connectivity index (χ0v) is 12.2. The van der Waals surface area contributed by atoms with E-state index in [0.29, 0.717) is 17.3 Å². The molecule has 2 aromatic heterocycles. The van der Waals surface area contributed by atoms with E-state index in [0.717, 1.165) is 11.3 Å². The number of imidazole rings is 1. The Morgan fingerprint density at radius 3 is 2.95 bits per heavy atom. The first-order valence-corrected chi connectivity index (χ1v) is 7.30. The first-order valence-electron chi connectivity index (χ1n) is 6.35. The van der Waals surface area contributed by atoms with Gasteiger partial charge in [-0.1, -0.05) is 6.07 Å². The molecule has 3 aromatic rings. The normalized spacial score (nSPS) is 10.8. The molecule has 108 valence electrons. The average molecular weight is 303 g/mol. The summed E-state index contributed by atoms with van der Waals surface area (Å²) in [4.78, 5) is 4.32. The van der Waals surface area contributed by atoms with Crippen molar-refractivity contribution in [3.63, 3.8) is 0 Å². The van der Waals surface area contributed by atoms with Crippen molar-refractivity contribution >= 4 is 17.3 Å². The number of thiophene rings is 1. The molecule has 0 radical (unpaired) electrons. The van der Waals surface area contributed by atoms with E-state index < -0.39 is 0 Å². The number of benzene rings is 1. The van der Waals surface area contributed by atoms with Gasteiger partial charge in [-0.2, -0.15) is 11.3 Å². The Morgan fingerprint density at radius 1 is 1.38 bits per heavy atom. The van der Waals surface area contributed by atoms with Crippen LogP contribution in [0.4, 0.5) is 10.3 Å². The van der Waals surface area contributed by atoms with E-state index in [4.69, 9.17) is 10.5 Å². The predicted octanol–water partition coefficient (Wildman–Crippen LogP) is 3.39. The molecule has 6 heteroatoms. The van der Waals surface area contributed by atoms with E-state index in [2.05, 4.69) is 4.98 Å². The van der Waals surface area contributed by atoms with E-state index in [-0.39, 0.29) is 12.4 Å². The Hall–Kier alpha value is -2.34. The van der Waals surface area contributed by atoms with Crippen molar-refractivity contribution in [3.8, 4) is 17.0 Å². The van der Waals surface area contributed by atoms with Gasteiger partial charge in [-0.15, -0.1) is 0 Å². The quantitative estimate of drug-likeness (QED) is 0.804. The van der Waals surface area contributed by atoms with Crippen molar-refractivity contribution in [2.75, 3.05) is 12.8 Å². The summed E-state index contributed by atoms with van der Waals surface area (Å²) in [5.41, 5.74) is 8.18. The maximum Gasteiger partial charge on any atom is 0.201 e. The van der Waals surface area contributed by atoms with Crippen molar-refractivity contribution in [2.45, 2.75) is 6.54 Å². The maximum atomic E-state index is 14.0. The van der Waals surface area contributed by atoms with Gasteiger partial charge in [0.25, 0.3) is 0 Å². The lowest BCUT2D eigenvalue weighted by Crippen LogP contribution is -2.06. The fraction of sp³-hybridized carbons (Fsp3) is 0.133. The number of methoxy groups -OCH3 is 1. The van der Waals surface area contributed by atoms with E-state index in [1.54, 1.807) is 28.0 Å². The van der Waals surface area contributed by atoms with E-state index >= 15 is 0 Å². The number of ether oxygens (including phenoxy) is 1. The molecule has 4 nitrogen and oxygen atoms in total. The molecule has 0 spiro atoms. The first kappa shape index (κ1) is 13.6. The van der Waals surface area contributed by atoms with Crippen LogP contribution in [-0.4, -0.2) is 16.7 Å². The molecular weight excluding hydrogens is 289 g/mol. The van der Waals surface area contributed by atoms with Gasteiger partial charge in [0.15, 0.2) is 0 Å². The van der Waals surface area contributed by atoms with Gasteiger partial charge in [-0.05, 0) is 23.6 Å². The van der Waals surface area contributed by atoms with Crippen molar-refractivity contribution in [2.24, 2.45) is 0 Å². The van der Waals surface area contributed by atoms with Crippen LogP contribution in [0.1, 0.15) is 5.56 Å². The van der Waals surface area contributed by atoms with Crippen LogP contribution in [0.5, 0.6) is 5.75 Å². The third kappa shape index (κ3) is 2.62. The van der Waals surface area contributed by atoms with E-state index in [1.807, 2.05) is 23.0 Å². The molecule has 0 amide bonds. The second-order valence-corrected chi connectivity index (χ2v) is 5.32. The fourth-order valence-corrected chi connectivity index (χ4v) is 2.81. The fourth-order valence-electron chi connectivity index (χ4n) is 2.16. The number of nitrogens with two attached hydrogens (primary N) is 1. The monoisotopic (exact) mass is 303 g/mol. The summed E-state index contributed by atoms with van der Waals surface area (Å²) in [6.45, 7) is 0.277. The third-order valence-electron chi connectivity index (χ3n) is 3.25. The van der Waals surface area contributed by atoms with Crippen molar-refractivity contribution < 1.29 is 9.13 Å². The molecular formula is C15H14FN3OS. The van der Waals surface area contributed by atoms with E-state index in [1.165, 1.54) is 13.2 Å². The molecule has 0 atom stereocenters. The van der Waals surface area contributed by atoms with Gasteiger partial charge in [0.05, 0.1) is 19.3 Å². The highest BCUT2D eigenvalue weighted by Crippen LogP contribution is 2.26. The highest BCUT2D eigenvalue weighted by molar-refractivity contribution is 7.08. The molecule has 0 saturated carbocycles. The highest BCUT2D eigenvalue weighted by Gasteiger charge is 2.13. The molecule has 0 unspecified atom stereocenters. The van der Waals surface area contributed by atoms with Crippen LogP contribution >= 0.6 is 11.3 Å². The van der Waals surface area contributed by atoms with Crippen molar-refractivity contribution in [1.29, 1.82) is 0 Å². The van der Waals surface area contributed by atoms with Gasteiger partial charge in [-0.25, -0.2) is 9.37 Å². The van der Waals surface area contributed by atoms with Crippen LogP contribution in [0.2, 0.25) is 0 Å². The number of aromatic nitrogens is 2. The van der Waals surface area contributed by atoms with Crippen LogP contribution in [0.3, 0.4) is 0 Å². The summed E-state index contributed by atoms with van der Waals surface area (Å²) in [5.74, 6) is 0.529. The van der Waals surface area contributed by atoms with Gasteiger partial charge in [0.1, 0.15) is 11.6 Å². The largest absolute Gasteiger partial charge is 0.496 e. The zero-order chi connectivity index (χ0) is 14.8. The van der Waals surface area contributed by atoms with Gasteiger partial charge < -0.3 is 15.0 Å². The summed E-state index contributed by atoms with van der Waals surface area (Å²) < 4.78 is 20.9. The number of nitrogens with zero attached hydrogens (tertiary/aromatic N) is 2. The second kappa shape index (κ2) is 5.57. The number of hydrogen-bond donors (Lipinski definition) is 1. The molecule has 0 aliphatic heterocycles.